The molecule has 0 saturated carbocycles. The third-order valence-corrected chi connectivity index (χ3v) is 3.10. The first-order chi connectivity index (χ1) is 8.96. The summed E-state index contributed by atoms with van der Waals surface area (Å²) < 4.78 is 44.2. The molecule has 0 amide bonds. The van der Waals surface area contributed by atoms with Crippen molar-refractivity contribution in [2.75, 3.05) is 13.2 Å². The second-order valence-corrected chi connectivity index (χ2v) is 4.50. The van der Waals surface area contributed by atoms with Crippen LogP contribution in [-0.4, -0.2) is 19.6 Å². The summed E-state index contributed by atoms with van der Waals surface area (Å²) in [5.74, 6) is 0.530. The molecule has 0 fully saturated rings. The first-order valence-corrected chi connectivity index (χ1v) is 6.17. The highest BCUT2D eigenvalue weighted by molar-refractivity contribution is 5.39. The van der Waals surface area contributed by atoms with Crippen molar-refractivity contribution in [2.24, 2.45) is 5.73 Å². The van der Waals surface area contributed by atoms with Gasteiger partial charge in [-0.1, -0.05) is 6.07 Å². The fourth-order valence-corrected chi connectivity index (χ4v) is 2.22. The van der Waals surface area contributed by atoms with E-state index in [0.29, 0.717) is 5.75 Å². The van der Waals surface area contributed by atoms with Gasteiger partial charge in [0, 0.05) is 6.04 Å². The van der Waals surface area contributed by atoms with Gasteiger partial charge in [-0.15, -0.1) is 13.2 Å². The third kappa shape index (κ3) is 4.11. The van der Waals surface area contributed by atoms with Crippen molar-refractivity contribution in [2.45, 2.75) is 31.7 Å². The van der Waals surface area contributed by atoms with Crippen LogP contribution in [0.15, 0.2) is 18.2 Å². The van der Waals surface area contributed by atoms with E-state index < -0.39 is 13.0 Å². The molecule has 0 bridgehead atoms. The average Bonchev–Trinajstić information content (AvgIpc) is 2.34. The van der Waals surface area contributed by atoms with Crippen molar-refractivity contribution < 1.29 is 22.6 Å². The minimum Gasteiger partial charge on any atom is -0.491 e. The molecule has 1 atom stereocenters. The number of rotatable bonds is 4. The molecule has 0 heterocycles. The van der Waals surface area contributed by atoms with Gasteiger partial charge in [-0.2, -0.15) is 0 Å². The molecule has 6 heteroatoms. The van der Waals surface area contributed by atoms with E-state index >= 15 is 0 Å². The molecule has 1 aromatic rings. The van der Waals surface area contributed by atoms with Crippen LogP contribution in [0.3, 0.4) is 0 Å². The van der Waals surface area contributed by atoms with E-state index in [1.54, 1.807) is 6.07 Å². The van der Waals surface area contributed by atoms with E-state index in [-0.39, 0.29) is 12.6 Å². The lowest BCUT2D eigenvalue weighted by atomic mass is 9.88. The summed E-state index contributed by atoms with van der Waals surface area (Å²) in [5, 5.41) is 0. The summed E-state index contributed by atoms with van der Waals surface area (Å²) in [6.45, 7) is -0.666. The van der Waals surface area contributed by atoms with Gasteiger partial charge in [0.1, 0.15) is 12.4 Å². The number of fused-ring (bicyclic) bond motifs is 1. The zero-order valence-electron chi connectivity index (χ0n) is 10.4. The van der Waals surface area contributed by atoms with E-state index in [9.17, 15) is 13.2 Å². The van der Waals surface area contributed by atoms with Gasteiger partial charge in [0.25, 0.3) is 0 Å². The van der Waals surface area contributed by atoms with Crippen molar-refractivity contribution >= 4 is 0 Å². The maximum absolute atomic E-state index is 11.8. The van der Waals surface area contributed by atoms with E-state index in [4.69, 9.17) is 10.5 Å². The molecule has 3 nitrogen and oxygen atoms in total. The predicted molar refractivity (Wildman–Crippen MR) is 63.8 cm³/mol. The topological polar surface area (TPSA) is 44.5 Å². The molecule has 1 aliphatic carbocycles. The van der Waals surface area contributed by atoms with Gasteiger partial charge < -0.3 is 10.5 Å². The molecule has 19 heavy (non-hydrogen) atoms. The van der Waals surface area contributed by atoms with Crippen LogP contribution in [0.4, 0.5) is 13.2 Å². The highest BCUT2D eigenvalue weighted by Gasteiger charge is 2.28. The summed E-state index contributed by atoms with van der Waals surface area (Å²) in [6, 6.07) is 5.48. The minimum atomic E-state index is -4.61. The number of ether oxygens (including phenoxy) is 2. The molecule has 106 valence electrons. The second kappa shape index (κ2) is 5.79. The van der Waals surface area contributed by atoms with E-state index in [0.717, 1.165) is 24.8 Å². The summed E-state index contributed by atoms with van der Waals surface area (Å²) in [6.07, 6.45) is -1.64. The van der Waals surface area contributed by atoms with Crippen LogP contribution >= 0.6 is 0 Å². The maximum atomic E-state index is 11.8. The highest BCUT2D eigenvalue weighted by atomic mass is 19.4. The van der Waals surface area contributed by atoms with Gasteiger partial charge >= 0.3 is 6.36 Å². The Balaban J connectivity index is 1.89. The summed E-state index contributed by atoms with van der Waals surface area (Å²) >= 11 is 0. The first-order valence-electron chi connectivity index (χ1n) is 6.17. The fourth-order valence-electron chi connectivity index (χ4n) is 2.22. The van der Waals surface area contributed by atoms with Crippen molar-refractivity contribution in [3.63, 3.8) is 0 Å². The Morgan fingerprint density at radius 2 is 2.05 bits per heavy atom. The maximum Gasteiger partial charge on any atom is 0.522 e. The van der Waals surface area contributed by atoms with Gasteiger partial charge in [-0.05, 0) is 42.5 Å². The first kappa shape index (κ1) is 14.1. The Labute approximate surface area is 109 Å². The second-order valence-electron chi connectivity index (χ2n) is 4.50. The van der Waals surface area contributed by atoms with Crippen LogP contribution in [0.5, 0.6) is 5.75 Å². The smallest absolute Gasteiger partial charge is 0.491 e. The fraction of sp³-hybridized carbons (Fsp3) is 0.538. The number of halogens is 3. The van der Waals surface area contributed by atoms with Crippen molar-refractivity contribution in [1.82, 2.24) is 0 Å². The monoisotopic (exact) mass is 275 g/mol. The predicted octanol–water partition coefficient (Wildman–Crippen LogP) is 2.94. The van der Waals surface area contributed by atoms with E-state index in [1.807, 2.05) is 12.1 Å². The van der Waals surface area contributed by atoms with Crippen LogP contribution in [0.25, 0.3) is 0 Å². The Bertz CT molecular complexity index is 434. The number of aryl methyl sites for hydroxylation is 1. The third-order valence-electron chi connectivity index (χ3n) is 3.10. The normalized spacial score (nSPS) is 19.1. The number of hydrogen-bond donors (Lipinski definition) is 1. The van der Waals surface area contributed by atoms with Gasteiger partial charge in [0.15, 0.2) is 0 Å². The van der Waals surface area contributed by atoms with Gasteiger partial charge in [-0.25, -0.2) is 0 Å². The molecule has 0 unspecified atom stereocenters. The standard InChI is InChI=1S/C13H16F3NO2/c14-13(15,16)19-7-6-18-10-5-4-9-2-1-3-12(17)11(9)8-10/h4-5,8,12H,1-3,6-7,17H2/t12-/m1/s1. The molecule has 1 aromatic carbocycles. The van der Waals surface area contributed by atoms with Crippen molar-refractivity contribution in [3.05, 3.63) is 29.3 Å². The SMILES string of the molecule is N[C@@H]1CCCc2ccc(OCCOC(F)(F)F)cc21. The molecule has 2 rings (SSSR count). The Kier molecular flexibility index (Phi) is 4.31. The molecule has 0 saturated heterocycles. The number of alkyl halides is 3. The molecule has 0 spiro atoms. The lowest BCUT2D eigenvalue weighted by Crippen LogP contribution is -2.19. The van der Waals surface area contributed by atoms with Gasteiger partial charge in [-0.3, -0.25) is 4.74 Å². The number of nitrogens with two attached hydrogens (primary N) is 1. The Morgan fingerprint density at radius 3 is 2.79 bits per heavy atom. The summed E-state index contributed by atoms with van der Waals surface area (Å²) in [4.78, 5) is 0. The zero-order chi connectivity index (χ0) is 13.9. The van der Waals surface area contributed by atoms with Crippen LogP contribution < -0.4 is 10.5 Å². The number of benzene rings is 1. The van der Waals surface area contributed by atoms with Crippen LogP contribution in [-0.2, 0) is 11.2 Å². The quantitative estimate of drug-likeness (QED) is 0.859. The average molecular weight is 275 g/mol. The Hall–Kier alpha value is -1.27. The largest absolute Gasteiger partial charge is 0.522 e. The summed E-state index contributed by atoms with van der Waals surface area (Å²) in [7, 11) is 0. The number of hydrogen-bond acceptors (Lipinski definition) is 3. The molecule has 0 aromatic heterocycles. The minimum absolute atomic E-state index is 0.0151. The lowest BCUT2D eigenvalue weighted by Gasteiger charge is -2.22. The molecule has 2 N–H and O–H groups in total. The highest BCUT2D eigenvalue weighted by Crippen LogP contribution is 2.30. The molecular formula is C13H16F3NO2. The van der Waals surface area contributed by atoms with Gasteiger partial charge in [0.05, 0.1) is 6.61 Å². The van der Waals surface area contributed by atoms with E-state index in [2.05, 4.69) is 4.74 Å². The molecular weight excluding hydrogens is 259 g/mol. The summed E-state index contributed by atoms with van der Waals surface area (Å²) in [5.41, 5.74) is 8.22. The van der Waals surface area contributed by atoms with Crippen molar-refractivity contribution in [1.29, 1.82) is 0 Å². The van der Waals surface area contributed by atoms with Crippen LogP contribution in [0.2, 0.25) is 0 Å². The zero-order valence-corrected chi connectivity index (χ0v) is 10.4. The molecule has 0 aliphatic heterocycles. The van der Waals surface area contributed by atoms with Gasteiger partial charge in [0.2, 0.25) is 0 Å². The Morgan fingerprint density at radius 1 is 1.26 bits per heavy atom. The lowest BCUT2D eigenvalue weighted by molar-refractivity contribution is -0.325. The van der Waals surface area contributed by atoms with Crippen LogP contribution in [0.1, 0.15) is 30.0 Å². The van der Waals surface area contributed by atoms with Crippen LogP contribution in [0, 0.1) is 0 Å². The van der Waals surface area contributed by atoms with Crippen molar-refractivity contribution in [3.8, 4) is 5.75 Å². The molecule has 1 aliphatic rings. The van der Waals surface area contributed by atoms with E-state index in [1.165, 1.54) is 5.56 Å². The molecule has 0 radical (unpaired) electrons.